The molecule has 0 atom stereocenters. The summed E-state index contributed by atoms with van der Waals surface area (Å²) in [4.78, 5) is 16.1. The van der Waals surface area contributed by atoms with E-state index in [1.165, 1.54) is 30.4 Å². The van der Waals surface area contributed by atoms with Crippen molar-refractivity contribution in [3.63, 3.8) is 0 Å². The van der Waals surface area contributed by atoms with Crippen LogP contribution >= 0.6 is 0 Å². The number of fused-ring (bicyclic) bond motifs is 4. The molecule has 12 aromatic rings. The molecule has 0 saturated carbocycles. The largest absolute Gasteiger partial charge is 0.438 e. The summed E-state index contributed by atoms with van der Waals surface area (Å²) in [6, 6.07) is 65.4. The maximum absolute atomic E-state index is 13.3. The van der Waals surface area contributed by atoms with E-state index in [2.05, 4.69) is 30.6 Å². The van der Waals surface area contributed by atoms with Crippen molar-refractivity contribution in [1.82, 2.24) is 19.9 Å². The van der Waals surface area contributed by atoms with E-state index in [9.17, 15) is 25.9 Å². The van der Waals surface area contributed by atoms with E-state index in [0.717, 1.165) is 43.1 Å². The molecular formula is C62H42N6Na2O10S2. The fourth-order valence-corrected chi connectivity index (χ4v) is 11.3. The molecule has 10 aromatic carbocycles. The van der Waals surface area contributed by atoms with Gasteiger partial charge in [0.15, 0.2) is 0 Å². The number of rotatable bonds is 16. The topological polar surface area (TPSA) is 221 Å². The number of ether oxygens (including phenoxy) is 4. The summed E-state index contributed by atoms with van der Waals surface area (Å²) in [5.41, 5.74) is 0.293. The molecule has 16 nitrogen and oxygen atoms in total. The van der Waals surface area contributed by atoms with E-state index in [4.69, 9.17) is 18.9 Å². The van der Waals surface area contributed by atoms with Crippen molar-refractivity contribution in [2.24, 2.45) is 0 Å². The summed E-state index contributed by atoms with van der Waals surface area (Å²) in [5.74, 6) is 2.17. The van der Waals surface area contributed by atoms with Crippen molar-refractivity contribution in [1.29, 1.82) is 0 Å². The maximum atomic E-state index is 13.3. The van der Waals surface area contributed by atoms with Gasteiger partial charge in [-0.15, -0.1) is 0 Å². The van der Waals surface area contributed by atoms with Gasteiger partial charge in [0.05, 0.1) is 17.8 Å². The van der Waals surface area contributed by atoms with Gasteiger partial charge in [0, 0.05) is 86.3 Å². The molecule has 0 bridgehead atoms. The number of benzene rings is 10. The van der Waals surface area contributed by atoms with Crippen molar-refractivity contribution in [2.75, 3.05) is 10.6 Å². The zero-order valence-electron chi connectivity index (χ0n) is 43.7. The average molecular weight is 1140 g/mol. The van der Waals surface area contributed by atoms with E-state index < -0.39 is 35.7 Å². The van der Waals surface area contributed by atoms with Gasteiger partial charge < -0.3 is 29.6 Å². The molecule has 2 radical (unpaired) electrons. The quantitative estimate of drug-likeness (QED) is 0.0401. The molecule has 4 N–H and O–H groups in total. The van der Waals surface area contributed by atoms with Gasteiger partial charge in [0.2, 0.25) is 35.4 Å². The second-order valence-electron chi connectivity index (χ2n) is 18.1. The fraction of sp³-hybridized carbons (Fsp3) is 0. The number of nitrogens with one attached hydrogen (secondary N) is 2. The Balaban J connectivity index is 0.00000376. The van der Waals surface area contributed by atoms with Crippen LogP contribution < -0.4 is 29.6 Å². The standard InChI is InChI=1S/C62H42N6O10S2.2Na/c69-79(70,71)59-44(32-29-39-30-34-45(35-31-39)63-61-65-55(75-51-25-9-17-40-13-1-5-21-46(40)51)37-56(66-61)76-52-26-10-18-41-14-2-6-22-47(41)52)33-36-50(60(59)80(72,73)74)64-62-67-57(77-53-27-11-19-42-15-3-7-23-48(42)53)38-58(68-62)78-54-28-12-20-43-16-4-8-24-49(43)54;;/h1-38H,(H,63,65,66)(H,64,67,68)(H,69,70,71)(H,72,73,74);;. The SMILES string of the molecule is O=S(=O)(O)c1c(C=Cc2ccc(Nc3nc(Oc4cccc5ccccc45)cc(Oc4cccc5ccccc45)n3)cc2)ccc(Nc2nc(Oc3cccc4ccccc34)cc(Oc3cccc4ccccc34)n2)c1S(=O)(=O)O.[Na].[Na]. The van der Waals surface area contributed by atoms with Crippen LogP contribution in [0.2, 0.25) is 0 Å². The predicted molar refractivity (Wildman–Crippen MR) is 320 cm³/mol. The number of aromatic nitrogens is 4. The number of nitrogens with zero attached hydrogens (tertiary/aromatic N) is 4. The van der Waals surface area contributed by atoms with E-state index >= 15 is 0 Å². The van der Waals surface area contributed by atoms with Gasteiger partial charge in [-0.2, -0.15) is 36.8 Å². The van der Waals surface area contributed by atoms with Crippen LogP contribution in [0.25, 0.3) is 55.2 Å². The molecule has 0 aliphatic rings. The summed E-state index contributed by atoms with van der Waals surface area (Å²) in [6.45, 7) is 0. The van der Waals surface area contributed by atoms with E-state index in [0.29, 0.717) is 34.2 Å². The van der Waals surface area contributed by atoms with Gasteiger partial charge in [0.25, 0.3) is 20.2 Å². The molecule has 2 aromatic heterocycles. The van der Waals surface area contributed by atoms with Crippen molar-refractivity contribution >= 4 is 158 Å². The summed E-state index contributed by atoms with van der Waals surface area (Å²) in [5, 5.41) is 13.0. The molecule has 12 rings (SSSR count). The number of hydrogen-bond acceptors (Lipinski definition) is 14. The molecule has 0 unspecified atom stereocenters. The number of anilines is 4. The minimum Gasteiger partial charge on any atom is -0.438 e. The third-order valence-electron chi connectivity index (χ3n) is 12.7. The Morgan fingerprint density at radius 2 is 0.707 bits per heavy atom. The Bertz CT molecular complexity index is 4430. The summed E-state index contributed by atoms with van der Waals surface area (Å²) in [6.07, 6.45) is 2.78. The zero-order chi connectivity index (χ0) is 54.8. The normalized spacial score (nSPS) is 11.5. The van der Waals surface area contributed by atoms with Crippen LogP contribution in [0.1, 0.15) is 11.1 Å². The van der Waals surface area contributed by atoms with Crippen LogP contribution in [0.4, 0.5) is 23.3 Å². The van der Waals surface area contributed by atoms with Crippen molar-refractivity contribution in [3.8, 4) is 46.5 Å². The van der Waals surface area contributed by atoms with Crippen LogP contribution in [0.5, 0.6) is 46.5 Å². The monoisotopic (exact) mass is 1140 g/mol. The van der Waals surface area contributed by atoms with Crippen LogP contribution in [-0.2, 0) is 20.2 Å². The predicted octanol–water partition coefficient (Wildman–Crippen LogP) is 14.4. The van der Waals surface area contributed by atoms with Gasteiger partial charge in [-0.25, -0.2) is 0 Å². The molecule has 20 heteroatoms. The van der Waals surface area contributed by atoms with Crippen molar-refractivity contribution < 1.29 is 44.9 Å². The van der Waals surface area contributed by atoms with Gasteiger partial charge in [-0.1, -0.05) is 176 Å². The first-order valence-corrected chi connectivity index (χ1v) is 27.6. The van der Waals surface area contributed by atoms with Gasteiger partial charge in [0.1, 0.15) is 32.8 Å². The molecule has 82 heavy (non-hydrogen) atoms. The van der Waals surface area contributed by atoms with Crippen LogP contribution in [0.15, 0.2) is 228 Å². The summed E-state index contributed by atoms with van der Waals surface area (Å²) in [7, 11) is -10.8. The summed E-state index contributed by atoms with van der Waals surface area (Å²) < 4.78 is 100.0. The third kappa shape index (κ3) is 12.8. The molecule has 0 saturated heterocycles. The summed E-state index contributed by atoms with van der Waals surface area (Å²) >= 11 is 0. The van der Waals surface area contributed by atoms with Gasteiger partial charge in [-0.3, -0.25) is 9.11 Å². The van der Waals surface area contributed by atoms with Crippen LogP contribution in [0.3, 0.4) is 0 Å². The van der Waals surface area contributed by atoms with Crippen molar-refractivity contribution in [3.05, 3.63) is 230 Å². The molecule has 0 aliphatic carbocycles. The first-order chi connectivity index (χ1) is 38.8. The zero-order valence-corrected chi connectivity index (χ0v) is 49.3. The van der Waals surface area contributed by atoms with E-state index in [1.54, 1.807) is 42.5 Å². The fourth-order valence-electron chi connectivity index (χ4n) is 9.16. The first kappa shape index (κ1) is 57.0. The Kier molecular flexibility index (Phi) is 17.0. The molecule has 0 spiro atoms. The van der Waals surface area contributed by atoms with Crippen LogP contribution in [-0.4, -0.2) is 105 Å². The first-order valence-electron chi connectivity index (χ1n) is 24.7. The molecule has 0 amide bonds. The second kappa shape index (κ2) is 24.5. The molecular weight excluding hydrogens is 1100 g/mol. The minimum absolute atomic E-state index is 0. The Labute approximate surface area is 514 Å². The Morgan fingerprint density at radius 1 is 0.366 bits per heavy atom. The average Bonchev–Trinajstić information content (AvgIpc) is 3.52. The molecule has 394 valence electrons. The second-order valence-corrected chi connectivity index (χ2v) is 20.8. The number of hydrogen-bond donors (Lipinski definition) is 4. The third-order valence-corrected chi connectivity index (χ3v) is 14.8. The Morgan fingerprint density at radius 3 is 1.07 bits per heavy atom. The van der Waals surface area contributed by atoms with E-state index in [1.807, 2.05) is 158 Å². The minimum atomic E-state index is -5.43. The maximum Gasteiger partial charge on any atom is 0.298 e. The molecule has 2 heterocycles. The smallest absolute Gasteiger partial charge is 0.298 e. The molecule has 0 aliphatic heterocycles. The van der Waals surface area contributed by atoms with E-state index in [-0.39, 0.29) is 100 Å². The van der Waals surface area contributed by atoms with Crippen LogP contribution in [0, 0.1) is 0 Å². The van der Waals surface area contributed by atoms with Gasteiger partial charge >= 0.3 is 0 Å². The molecule has 0 fully saturated rings. The van der Waals surface area contributed by atoms with Crippen molar-refractivity contribution in [2.45, 2.75) is 9.79 Å². The Hall–Kier alpha value is -8.24. The van der Waals surface area contributed by atoms with Gasteiger partial charge in [-0.05, 0) is 75.1 Å².